The molecule has 0 bridgehead atoms. The molecule has 1 aromatic carbocycles. The van der Waals surface area contributed by atoms with E-state index in [0.717, 1.165) is 6.07 Å². The number of amides is 1. The average Bonchev–Trinajstić information content (AvgIpc) is 2.67. The largest absolute Gasteiger partial charge is 0.416 e. The molecule has 2 aromatic rings. The molecule has 7 heteroatoms. The highest BCUT2D eigenvalue weighted by molar-refractivity contribution is 5.78. The van der Waals surface area contributed by atoms with Gasteiger partial charge in [0.2, 0.25) is 5.91 Å². The van der Waals surface area contributed by atoms with Crippen LogP contribution in [0.1, 0.15) is 42.5 Å². The van der Waals surface area contributed by atoms with Crippen LogP contribution in [0.3, 0.4) is 0 Å². The van der Waals surface area contributed by atoms with E-state index in [1.807, 2.05) is 13.8 Å². The predicted octanol–water partition coefficient (Wildman–Crippen LogP) is 4.25. The second-order valence-electron chi connectivity index (χ2n) is 7.18. The normalized spacial score (nSPS) is 17.8. The first-order valence-electron chi connectivity index (χ1n) is 9.27. The van der Waals surface area contributed by atoms with Gasteiger partial charge in [0.05, 0.1) is 24.4 Å². The monoisotopic (exact) mass is 392 g/mol. The predicted molar refractivity (Wildman–Crippen MR) is 98.6 cm³/mol. The Balaban J connectivity index is 1.79. The molecule has 1 aliphatic heterocycles. The van der Waals surface area contributed by atoms with Gasteiger partial charge in [-0.1, -0.05) is 38.1 Å². The third-order valence-corrected chi connectivity index (χ3v) is 4.72. The number of alkyl halides is 3. The van der Waals surface area contributed by atoms with E-state index in [1.54, 1.807) is 29.2 Å². The van der Waals surface area contributed by atoms with Crippen molar-refractivity contribution in [2.75, 3.05) is 19.7 Å². The highest BCUT2D eigenvalue weighted by Crippen LogP contribution is 2.33. The maximum absolute atomic E-state index is 13.2. The minimum absolute atomic E-state index is 0.0589. The number of benzene rings is 1. The van der Waals surface area contributed by atoms with Crippen LogP contribution < -0.4 is 0 Å². The number of ether oxygens (including phenoxy) is 1. The molecule has 0 aliphatic carbocycles. The van der Waals surface area contributed by atoms with Crippen molar-refractivity contribution in [3.05, 3.63) is 65.0 Å². The van der Waals surface area contributed by atoms with Crippen molar-refractivity contribution in [3.63, 3.8) is 0 Å². The van der Waals surface area contributed by atoms with E-state index >= 15 is 0 Å². The van der Waals surface area contributed by atoms with Crippen LogP contribution in [0, 0.1) is 5.92 Å². The molecule has 0 radical (unpaired) electrons. The van der Waals surface area contributed by atoms with E-state index in [-0.39, 0.29) is 29.9 Å². The molecule has 0 saturated carbocycles. The molecule has 1 saturated heterocycles. The summed E-state index contributed by atoms with van der Waals surface area (Å²) in [6.07, 6.45) is -4.71. The first-order chi connectivity index (χ1) is 13.3. The molecule has 0 unspecified atom stereocenters. The molecular formula is C21H23F3N2O2. The summed E-state index contributed by atoms with van der Waals surface area (Å²) in [6.45, 7) is 5.04. The van der Waals surface area contributed by atoms with Crippen molar-refractivity contribution in [3.8, 4) is 0 Å². The lowest BCUT2D eigenvalue weighted by Crippen LogP contribution is -2.44. The maximum atomic E-state index is 13.2. The molecule has 2 heterocycles. The van der Waals surface area contributed by atoms with Gasteiger partial charge in [-0.05, 0) is 23.8 Å². The number of hydrogen-bond acceptors (Lipinski definition) is 3. The van der Waals surface area contributed by atoms with Gasteiger partial charge >= 0.3 is 6.18 Å². The van der Waals surface area contributed by atoms with Crippen molar-refractivity contribution in [1.29, 1.82) is 0 Å². The molecule has 150 valence electrons. The van der Waals surface area contributed by atoms with Gasteiger partial charge in [0.25, 0.3) is 0 Å². The molecule has 1 atom stereocenters. The zero-order chi connectivity index (χ0) is 20.3. The highest BCUT2D eigenvalue weighted by atomic mass is 19.4. The third-order valence-electron chi connectivity index (χ3n) is 4.72. The number of carbonyl (C=O) groups excluding carboxylic acids is 1. The molecule has 0 N–H and O–H groups in total. The number of carbonyl (C=O) groups is 1. The molecule has 1 fully saturated rings. The Morgan fingerprint density at radius 3 is 2.68 bits per heavy atom. The smallest absolute Gasteiger partial charge is 0.368 e. The van der Waals surface area contributed by atoms with E-state index in [0.29, 0.717) is 31.1 Å². The van der Waals surface area contributed by atoms with Gasteiger partial charge in [0.15, 0.2) is 0 Å². The molecule has 1 amide bonds. The Kier molecular flexibility index (Phi) is 6.03. The molecule has 4 nitrogen and oxygen atoms in total. The first-order valence-corrected chi connectivity index (χ1v) is 9.27. The van der Waals surface area contributed by atoms with Crippen LogP contribution in [-0.4, -0.2) is 35.5 Å². The van der Waals surface area contributed by atoms with Crippen LogP contribution in [0.2, 0.25) is 0 Å². The molecule has 28 heavy (non-hydrogen) atoms. The standard InChI is InChI=1S/C21H23F3N2O2/c1-14(2)20(27)26-10-11-28-19(13-26)18-9-5-7-16(25-18)12-15-6-3-4-8-17(15)21(22,23)24/h3-9,14,19H,10-13H2,1-2H3/t19-/m1/s1. The summed E-state index contributed by atoms with van der Waals surface area (Å²) in [4.78, 5) is 18.5. The Bertz CT molecular complexity index is 836. The number of pyridine rings is 1. The zero-order valence-corrected chi connectivity index (χ0v) is 15.9. The summed E-state index contributed by atoms with van der Waals surface area (Å²) >= 11 is 0. The minimum Gasteiger partial charge on any atom is -0.368 e. The molecule has 1 aliphatic rings. The summed E-state index contributed by atoms with van der Waals surface area (Å²) in [5.74, 6) is -0.0412. The third kappa shape index (κ3) is 4.70. The Labute approximate surface area is 162 Å². The van der Waals surface area contributed by atoms with E-state index in [9.17, 15) is 18.0 Å². The highest BCUT2D eigenvalue weighted by Gasteiger charge is 2.33. The summed E-state index contributed by atoms with van der Waals surface area (Å²) in [7, 11) is 0. The van der Waals surface area contributed by atoms with E-state index in [2.05, 4.69) is 4.98 Å². The van der Waals surface area contributed by atoms with Gasteiger partial charge in [0.1, 0.15) is 6.10 Å². The van der Waals surface area contributed by atoms with Crippen LogP contribution in [0.5, 0.6) is 0 Å². The fraction of sp³-hybridized carbons (Fsp3) is 0.429. The fourth-order valence-electron chi connectivity index (χ4n) is 3.32. The number of aromatic nitrogens is 1. The first kappa shape index (κ1) is 20.3. The van der Waals surface area contributed by atoms with Crippen LogP contribution in [-0.2, 0) is 22.1 Å². The van der Waals surface area contributed by atoms with Gasteiger partial charge in [-0.3, -0.25) is 9.78 Å². The molecule has 1 aromatic heterocycles. The Morgan fingerprint density at radius 2 is 1.96 bits per heavy atom. The van der Waals surface area contributed by atoms with Crippen molar-refractivity contribution >= 4 is 5.91 Å². The fourth-order valence-corrected chi connectivity index (χ4v) is 3.32. The second kappa shape index (κ2) is 8.31. The summed E-state index contributed by atoms with van der Waals surface area (Å²) in [6, 6.07) is 10.8. The van der Waals surface area contributed by atoms with Crippen LogP contribution in [0.25, 0.3) is 0 Å². The zero-order valence-electron chi connectivity index (χ0n) is 15.9. The quantitative estimate of drug-likeness (QED) is 0.781. The molecule has 0 spiro atoms. The maximum Gasteiger partial charge on any atom is 0.416 e. The molecule has 3 rings (SSSR count). The van der Waals surface area contributed by atoms with Crippen molar-refractivity contribution in [2.45, 2.75) is 32.5 Å². The molecular weight excluding hydrogens is 369 g/mol. The number of rotatable bonds is 4. The summed E-state index contributed by atoms with van der Waals surface area (Å²) in [5, 5.41) is 0. The van der Waals surface area contributed by atoms with Crippen LogP contribution in [0.4, 0.5) is 13.2 Å². The van der Waals surface area contributed by atoms with Crippen LogP contribution >= 0.6 is 0 Å². The van der Waals surface area contributed by atoms with Gasteiger partial charge in [-0.15, -0.1) is 0 Å². The van der Waals surface area contributed by atoms with Gasteiger partial charge in [-0.2, -0.15) is 13.2 Å². The minimum atomic E-state index is -4.40. The average molecular weight is 392 g/mol. The Morgan fingerprint density at radius 1 is 1.21 bits per heavy atom. The van der Waals surface area contributed by atoms with E-state index < -0.39 is 11.7 Å². The van der Waals surface area contributed by atoms with Crippen molar-refractivity contribution in [2.24, 2.45) is 5.92 Å². The summed E-state index contributed by atoms with van der Waals surface area (Å²) in [5.41, 5.74) is 0.694. The van der Waals surface area contributed by atoms with Crippen molar-refractivity contribution < 1.29 is 22.7 Å². The number of morpholine rings is 1. The van der Waals surface area contributed by atoms with Crippen molar-refractivity contribution in [1.82, 2.24) is 9.88 Å². The topological polar surface area (TPSA) is 42.4 Å². The SMILES string of the molecule is CC(C)C(=O)N1CCO[C@@H](c2cccc(Cc3ccccc3C(F)(F)F)n2)C1. The van der Waals surface area contributed by atoms with Crippen LogP contribution in [0.15, 0.2) is 42.5 Å². The second-order valence-corrected chi connectivity index (χ2v) is 7.18. The number of nitrogens with zero attached hydrogens (tertiary/aromatic N) is 2. The Hall–Kier alpha value is -2.41. The van der Waals surface area contributed by atoms with Gasteiger partial charge in [0, 0.05) is 24.6 Å². The number of halogens is 3. The van der Waals surface area contributed by atoms with E-state index in [4.69, 9.17) is 4.74 Å². The lowest BCUT2D eigenvalue weighted by atomic mass is 10.0. The van der Waals surface area contributed by atoms with Gasteiger partial charge < -0.3 is 9.64 Å². The van der Waals surface area contributed by atoms with Gasteiger partial charge in [-0.25, -0.2) is 0 Å². The number of hydrogen-bond donors (Lipinski definition) is 0. The van der Waals surface area contributed by atoms with E-state index in [1.165, 1.54) is 12.1 Å². The lowest BCUT2D eigenvalue weighted by molar-refractivity contribution is -0.142. The summed E-state index contributed by atoms with van der Waals surface area (Å²) < 4.78 is 45.5. The lowest BCUT2D eigenvalue weighted by Gasteiger charge is -2.33.